The molecule has 0 bridgehead atoms. The number of hydrogen-bond acceptors (Lipinski definition) is 15. The van der Waals surface area contributed by atoms with Crippen molar-refractivity contribution in [2.45, 2.75) is 41.5 Å². The highest BCUT2D eigenvalue weighted by molar-refractivity contribution is 6.08. The second-order valence-corrected chi connectivity index (χ2v) is 28.9. The van der Waals surface area contributed by atoms with Crippen LogP contribution in [0.1, 0.15) is 100 Å². The fourth-order valence-electron chi connectivity index (χ4n) is 13.3. The molecule has 0 unspecified atom stereocenters. The average molecular weight is 1700 g/mol. The molecule has 0 aliphatic rings. The first-order valence-electron chi connectivity index (χ1n) is 40.9. The SMILES string of the molecule is C#Cc1cccc(C(=O)Nc2cccc(N(C)c3cncc(F)c3)c2)c1.C#Cc1cccc(C(=O)Nc2cccc(N(CC)c3cccnc3)c2)c1.CCN(c1cccnc1)c1cc(F)cc(NC(=O)c2cccc(C)c2)c1.CCN(c1cccnc1)c1cccc(NC(=O)c2cccc(C)c2)c1.Cc1cccc(C(=O)Nc2cccc(N(C)c3cncc(F)c3)c2)c1. The van der Waals surface area contributed by atoms with E-state index in [1.54, 1.807) is 139 Å². The van der Waals surface area contributed by atoms with Crippen molar-refractivity contribution in [1.82, 2.24) is 24.9 Å². The van der Waals surface area contributed by atoms with Gasteiger partial charge in [0.1, 0.15) is 17.5 Å². The molecule has 0 saturated carbocycles. The number of carbonyl (C=O) groups excluding carboxylic acids is 5. The van der Waals surface area contributed by atoms with Crippen LogP contribution >= 0.6 is 0 Å². The Morgan fingerprint density at radius 2 is 0.555 bits per heavy atom. The minimum atomic E-state index is -0.413. The van der Waals surface area contributed by atoms with Crippen LogP contribution < -0.4 is 51.1 Å². The smallest absolute Gasteiger partial charge is 0.255 e. The number of aryl methyl sites for hydroxylation is 3. The Kier molecular flexibility index (Phi) is 33.0. The minimum absolute atomic E-state index is 0.106. The van der Waals surface area contributed by atoms with Crippen LogP contribution in [0.5, 0.6) is 0 Å². The molecule has 0 radical (unpaired) electrons. The molecule has 0 spiro atoms. The topological polar surface area (TPSA) is 226 Å². The monoisotopic (exact) mass is 1700 g/mol. The molecule has 15 aromatic rings. The lowest BCUT2D eigenvalue weighted by Crippen LogP contribution is -2.17. The largest absolute Gasteiger partial charge is 0.343 e. The molecular weight excluding hydrogens is 1610 g/mol. The van der Waals surface area contributed by atoms with E-state index in [0.717, 1.165) is 93.4 Å². The fraction of sp³-hybridized carbons (Fsp3) is 0.105. The Hall–Kier alpha value is -16.8. The number of carbonyl (C=O) groups is 5. The van der Waals surface area contributed by atoms with Gasteiger partial charge in [-0.3, -0.25) is 48.9 Å². The molecule has 5 N–H and O–H groups in total. The molecule has 5 aromatic heterocycles. The molecule has 10 aromatic carbocycles. The Balaban J connectivity index is 0.000000155. The van der Waals surface area contributed by atoms with Gasteiger partial charge in [-0.1, -0.05) is 101 Å². The van der Waals surface area contributed by atoms with Gasteiger partial charge < -0.3 is 51.1 Å². The van der Waals surface area contributed by atoms with Crippen LogP contribution in [-0.2, 0) is 0 Å². The molecule has 20 nitrogen and oxygen atoms in total. The highest BCUT2D eigenvalue weighted by atomic mass is 19.1. The summed E-state index contributed by atoms with van der Waals surface area (Å²) in [6.07, 6.45) is 26.8. The molecule has 0 fully saturated rings. The van der Waals surface area contributed by atoms with Gasteiger partial charge in [-0.25, -0.2) is 13.2 Å². The van der Waals surface area contributed by atoms with Crippen molar-refractivity contribution in [2.75, 3.05) is 84.8 Å². The molecule has 0 atom stereocenters. The summed E-state index contributed by atoms with van der Waals surface area (Å²) in [5.41, 5.74) is 18.8. The molecule has 15 rings (SSSR count). The number of amides is 5. The van der Waals surface area contributed by atoms with E-state index >= 15 is 0 Å². The number of terminal acetylenes is 2. The summed E-state index contributed by atoms with van der Waals surface area (Å²) in [7, 11) is 3.62. The van der Waals surface area contributed by atoms with Crippen molar-refractivity contribution in [3.05, 3.63) is 420 Å². The third-order valence-electron chi connectivity index (χ3n) is 19.7. The number of pyridine rings is 5. The van der Waals surface area contributed by atoms with Gasteiger partial charge in [0.05, 0.1) is 71.8 Å². The zero-order valence-electron chi connectivity index (χ0n) is 71.8. The maximum atomic E-state index is 14.2. The van der Waals surface area contributed by atoms with Crippen molar-refractivity contribution < 1.29 is 37.1 Å². The summed E-state index contributed by atoms with van der Waals surface area (Å²) in [5.74, 6) is 2.84. The summed E-state index contributed by atoms with van der Waals surface area (Å²) >= 11 is 0. The summed E-state index contributed by atoms with van der Waals surface area (Å²) in [6.45, 7) is 14.2. The van der Waals surface area contributed by atoms with Crippen molar-refractivity contribution in [2.24, 2.45) is 0 Å². The molecule has 0 aliphatic carbocycles. The summed E-state index contributed by atoms with van der Waals surface area (Å²) in [5, 5.41) is 14.4. The van der Waals surface area contributed by atoms with Gasteiger partial charge in [0, 0.05) is 160 Å². The quantitative estimate of drug-likeness (QED) is 0.0375. The van der Waals surface area contributed by atoms with E-state index in [-0.39, 0.29) is 29.5 Å². The van der Waals surface area contributed by atoms with Crippen molar-refractivity contribution in [3.8, 4) is 24.7 Å². The lowest BCUT2D eigenvalue weighted by molar-refractivity contribution is 0.101. The number of anilines is 15. The number of hydrogen-bond donors (Lipinski definition) is 5. The lowest BCUT2D eigenvalue weighted by atomic mass is 10.1. The van der Waals surface area contributed by atoms with E-state index in [1.165, 1.54) is 24.3 Å². The molecule has 0 saturated heterocycles. The van der Waals surface area contributed by atoms with Gasteiger partial charge in [-0.05, 0) is 242 Å². The zero-order chi connectivity index (χ0) is 90.9. The van der Waals surface area contributed by atoms with Crippen LogP contribution in [0.2, 0.25) is 0 Å². The van der Waals surface area contributed by atoms with Crippen LogP contribution in [0.4, 0.5) is 98.5 Å². The minimum Gasteiger partial charge on any atom is -0.343 e. The highest BCUT2D eigenvalue weighted by Crippen LogP contribution is 2.34. The number of nitrogens with one attached hydrogen (secondary N) is 5. The van der Waals surface area contributed by atoms with E-state index in [1.807, 2.05) is 228 Å². The number of benzene rings is 10. The molecule has 640 valence electrons. The van der Waals surface area contributed by atoms with E-state index in [0.29, 0.717) is 79.6 Å². The van der Waals surface area contributed by atoms with Crippen LogP contribution in [0, 0.1) is 62.9 Å². The molecule has 23 heteroatoms. The van der Waals surface area contributed by atoms with Crippen molar-refractivity contribution in [1.29, 1.82) is 0 Å². The Morgan fingerprint density at radius 3 is 0.867 bits per heavy atom. The second-order valence-electron chi connectivity index (χ2n) is 28.9. The number of halogens is 3. The molecule has 5 amide bonds. The summed E-state index contributed by atoms with van der Waals surface area (Å²) < 4.78 is 40.9. The van der Waals surface area contributed by atoms with Gasteiger partial charge >= 0.3 is 0 Å². The van der Waals surface area contributed by atoms with Crippen LogP contribution in [0.3, 0.4) is 0 Å². The highest BCUT2D eigenvalue weighted by Gasteiger charge is 2.19. The van der Waals surface area contributed by atoms with Crippen molar-refractivity contribution >= 4 is 115 Å². The average Bonchev–Trinajstić information content (AvgIpc) is 0.838. The van der Waals surface area contributed by atoms with E-state index in [4.69, 9.17) is 12.8 Å². The number of rotatable bonds is 23. The maximum Gasteiger partial charge on any atom is 0.255 e. The third-order valence-corrected chi connectivity index (χ3v) is 19.7. The normalized spacial score (nSPS) is 10.2. The Bertz CT molecular complexity index is 6410. The predicted molar refractivity (Wildman–Crippen MR) is 509 cm³/mol. The zero-order valence-corrected chi connectivity index (χ0v) is 71.8. The van der Waals surface area contributed by atoms with E-state index in [9.17, 15) is 37.1 Å². The number of aromatic nitrogens is 5. The van der Waals surface area contributed by atoms with E-state index < -0.39 is 17.5 Å². The molecule has 5 heterocycles. The first kappa shape index (κ1) is 91.9. The first-order chi connectivity index (χ1) is 62.0. The van der Waals surface area contributed by atoms with E-state index in [2.05, 4.69) is 87.0 Å². The third kappa shape index (κ3) is 26.6. The summed E-state index contributed by atoms with van der Waals surface area (Å²) in [4.78, 5) is 92.2. The predicted octanol–water partition coefficient (Wildman–Crippen LogP) is 23.0. The summed E-state index contributed by atoms with van der Waals surface area (Å²) in [6, 6.07) is 85.2. The second kappa shape index (κ2) is 45.9. The Labute approximate surface area is 744 Å². The lowest BCUT2D eigenvalue weighted by Gasteiger charge is -2.23. The van der Waals surface area contributed by atoms with Gasteiger partial charge in [-0.2, -0.15) is 0 Å². The van der Waals surface area contributed by atoms with Gasteiger partial charge in [0.15, 0.2) is 0 Å². The fourth-order valence-corrected chi connectivity index (χ4v) is 13.3. The van der Waals surface area contributed by atoms with Crippen LogP contribution in [0.25, 0.3) is 0 Å². The van der Waals surface area contributed by atoms with Gasteiger partial charge in [-0.15, -0.1) is 12.8 Å². The maximum absolute atomic E-state index is 14.2. The first-order valence-corrected chi connectivity index (χ1v) is 40.9. The molecule has 0 aliphatic heterocycles. The number of nitrogens with zero attached hydrogens (tertiary/aromatic N) is 10. The molecular formula is C105H94F3N15O5. The van der Waals surface area contributed by atoms with Crippen LogP contribution in [-0.4, -0.2) is 88.2 Å². The Morgan fingerprint density at radius 1 is 0.281 bits per heavy atom. The molecule has 128 heavy (non-hydrogen) atoms. The standard InChI is InChI=1S/C22H19N3O.C21H16FN3O.C21H20FN3O.C21H21N3O.C20H18FN3O/c1-3-17-8-5-9-18(14-17)22(26)24-19-10-6-11-20(15-19)25(4-2)21-12-7-13-23-16-21;1-3-15-6-4-7-16(10-15)21(26)24-18-8-5-9-19(12-18)25(2)20-11-17(22)13-23-14-20;1-3-25(19-8-5-9-23-14-19)20-12-17(22)11-18(13-20)24-21(26)16-7-4-6-15(2)10-16;1-3-24(20-11-6-12-22-15-20)19-10-5-9-18(14-19)23-21(25)17-8-4-7-16(2)13-17;1-14-5-3-6-15(9-14)20(25)23-17-7-4-8-18(11-17)24(2)19-10-16(21)12-22-13-19/h1,5-16H,4H2,2H3,(H,24,26);1,4-14H,2H3,(H,24,26);4-14H,3H2,1-2H3,(H,24,26);4-15H,3H2,1-2H3,(H,23,25);3-13H,1-2H3,(H,23,25). The van der Waals surface area contributed by atoms with Gasteiger partial charge in [0.2, 0.25) is 0 Å². The van der Waals surface area contributed by atoms with Gasteiger partial charge in [0.25, 0.3) is 29.5 Å². The van der Waals surface area contributed by atoms with Crippen molar-refractivity contribution in [3.63, 3.8) is 0 Å². The van der Waals surface area contributed by atoms with Crippen LogP contribution in [0.15, 0.2) is 347 Å².